The Hall–Kier alpha value is -2.09. The van der Waals surface area contributed by atoms with Gasteiger partial charge in [0.1, 0.15) is 6.61 Å². The summed E-state index contributed by atoms with van der Waals surface area (Å²) in [5, 5.41) is 0. The van der Waals surface area contributed by atoms with Crippen LogP contribution in [0.5, 0.6) is 0 Å². The van der Waals surface area contributed by atoms with Crippen molar-refractivity contribution >= 4 is 5.97 Å². The summed E-state index contributed by atoms with van der Waals surface area (Å²) in [5.74, 6) is -0.274. The first-order valence-electron chi connectivity index (χ1n) is 6.46. The Morgan fingerprint density at radius 3 is 1.95 bits per heavy atom. The largest absolute Gasteiger partial charge is 0.748 e. The van der Waals surface area contributed by atoms with Gasteiger partial charge in [-0.3, -0.25) is 4.79 Å². The van der Waals surface area contributed by atoms with E-state index in [2.05, 4.69) is 0 Å². The predicted molar refractivity (Wildman–Crippen MR) is 79.6 cm³/mol. The summed E-state index contributed by atoms with van der Waals surface area (Å²) in [6.07, 6.45) is 0. The Morgan fingerprint density at radius 2 is 1.43 bits per heavy atom. The Bertz CT molecular complexity index is 566. The molecule has 3 rings (SSSR count). The third-order valence-corrected chi connectivity index (χ3v) is 2.67. The van der Waals surface area contributed by atoms with Crippen LogP contribution >= 0.6 is 0 Å². The normalized spacial score (nSPS) is 8.95. The maximum absolute atomic E-state index is 11.5. The smallest absolute Gasteiger partial charge is 0.281 e. The van der Waals surface area contributed by atoms with E-state index >= 15 is 0 Å². The van der Waals surface area contributed by atoms with Crippen LogP contribution in [0.1, 0.15) is 15.9 Å². The Labute approximate surface area is 135 Å². The minimum Gasteiger partial charge on any atom is -0.748 e. The number of carbonyl (C=O) groups is 1. The fourth-order valence-corrected chi connectivity index (χ4v) is 1.64. The van der Waals surface area contributed by atoms with Crippen molar-refractivity contribution in [1.29, 1.82) is 0 Å². The van der Waals surface area contributed by atoms with E-state index in [0.29, 0.717) is 12.2 Å². The fourth-order valence-electron chi connectivity index (χ4n) is 1.64. The number of esters is 1. The molecule has 0 bridgehead atoms. The van der Waals surface area contributed by atoms with E-state index in [9.17, 15) is 4.79 Å². The van der Waals surface area contributed by atoms with Gasteiger partial charge in [0.15, 0.2) is 0 Å². The minimum atomic E-state index is -0.274. The van der Waals surface area contributed by atoms with Gasteiger partial charge in [-0.2, -0.15) is 12.1 Å². The standard InChI is InChI=1S/C13H11O2.C5H5.Fe/c14-13(12-8-4-5-9-12)15-10-11-6-2-1-3-7-11;1-2-4-5-3-1;/h1-9H,10H2;1-5H;/q-1;-5;. The molecule has 0 aromatic heterocycles. The van der Waals surface area contributed by atoms with Crippen LogP contribution in [-0.2, 0) is 28.4 Å². The quantitative estimate of drug-likeness (QED) is 0.411. The van der Waals surface area contributed by atoms with Crippen LogP contribution in [0.25, 0.3) is 0 Å². The second kappa shape index (κ2) is 9.76. The molecule has 0 unspecified atom stereocenters. The van der Waals surface area contributed by atoms with E-state index in [1.54, 1.807) is 12.1 Å². The SMILES string of the molecule is O=C(OCc1ccccc1)[c-]1cccc1.[Fe].[cH-]1[cH-][cH-][cH-][cH-]1. The van der Waals surface area contributed by atoms with Crippen molar-refractivity contribution in [2.45, 2.75) is 6.61 Å². The second-order valence-electron chi connectivity index (χ2n) is 4.20. The van der Waals surface area contributed by atoms with E-state index in [0.717, 1.165) is 5.56 Å². The predicted octanol–water partition coefficient (Wildman–Crippen LogP) is 4.17. The van der Waals surface area contributed by atoms with Gasteiger partial charge in [-0.15, -0.1) is 0 Å². The van der Waals surface area contributed by atoms with Crippen LogP contribution in [0.3, 0.4) is 0 Å². The monoisotopic (exact) mass is 320 g/mol. The average Bonchev–Trinajstić information content (AvgIpc) is 3.20. The summed E-state index contributed by atoms with van der Waals surface area (Å²) in [5.41, 5.74) is 1.60. The van der Waals surface area contributed by atoms with Crippen LogP contribution in [0.4, 0.5) is 0 Å². The zero-order valence-electron chi connectivity index (χ0n) is 11.5. The summed E-state index contributed by atoms with van der Waals surface area (Å²) in [6.45, 7) is 0.324. The molecule has 0 atom stereocenters. The van der Waals surface area contributed by atoms with Gasteiger partial charge in [-0.1, -0.05) is 35.9 Å². The summed E-state index contributed by atoms with van der Waals surface area (Å²) < 4.78 is 5.13. The molecule has 114 valence electrons. The third-order valence-electron chi connectivity index (χ3n) is 2.67. The maximum atomic E-state index is 11.5. The molecule has 0 amide bonds. The molecule has 0 saturated carbocycles. The zero-order valence-corrected chi connectivity index (χ0v) is 12.6. The molecule has 2 nitrogen and oxygen atoms in total. The molecular weight excluding hydrogens is 304 g/mol. The Morgan fingerprint density at radius 1 is 0.905 bits per heavy atom. The van der Waals surface area contributed by atoms with Crippen molar-refractivity contribution in [3.05, 3.63) is 96.1 Å². The number of benzene rings is 1. The van der Waals surface area contributed by atoms with Crippen molar-refractivity contribution < 1.29 is 26.6 Å². The van der Waals surface area contributed by atoms with Crippen LogP contribution < -0.4 is 0 Å². The molecule has 3 aromatic rings. The van der Waals surface area contributed by atoms with Gasteiger partial charge in [-0.25, -0.2) is 12.1 Å². The van der Waals surface area contributed by atoms with Gasteiger partial charge in [0.25, 0.3) is 5.97 Å². The summed E-state index contributed by atoms with van der Waals surface area (Å²) in [6, 6.07) is 26.8. The topological polar surface area (TPSA) is 26.3 Å². The van der Waals surface area contributed by atoms with E-state index in [4.69, 9.17) is 4.74 Å². The van der Waals surface area contributed by atoms with Crippen LogP contribution in [-0.4, -0.2) is 5.97 Å². The molecule has 0 aliphatic heterocycles. The first-order valence-corrected chi connectivity index (χ1v) is 6.46. The molecule has 0 N–H and O–H groups in total. The van der Waals surface area contributed by atoms with Gasteiger partial charge in [-0.05, 0) is 5.56 Å². The number of rotatable bonds is 3. The zero-order chi connectivity index (χ0) is 14.0. The molecule has 0 saturated heterocycles. The van der Waals surface area contributed by atoms with Crippen molar-refractivity contribution in [1.82, 2.24) is 0 Å². The maximum Gasteiger partial charge on any atom is 0.281 e. The summed E-state index contributed by atoms with van der Waals surface area (Å²) >= 11 is 0. The molecule has 0 radical (unpaired) electrons. The van der Waals surface area contributed by atoms with Crippen LogP contribution in [0.2, 0.25) is 0 Å². The van der Waals surface area contributed by atoms with Crippen molar-refractivity contribution in [2.75, 3.05) is 0 Å². The van der Waals surface area contributed by atoms with Gasteiger partial charge in [0.2, 0.25) is 0 Å². The van der Waals surface area contributed by atoms with Gasteiger partial charge < -0.3 is 35.1 Å². The van der Waals surface area contributed by atoms with E-state index in [-0.39, 0.29) is 23.0 Å². The van der Waals surface area contributed by atoms with Crippen LogP contribution in [0.15, 0.2) is 84.9 Å². The number of hydrogen-bond acceptors (Lipinski definition) is 2. The number of carbonyl (C=O) groups excluding carboxylic acids is 1. The Kier molecular flexibility index (Phi) is 7.88. The molecule has 0 heterocycles. The molecule has 3 heteroatoms. The van der Waals surface area contributed by atoms with E-state index in [1.165, 1.54) is 0 Å². The molecule has 0 aliphatic rings. The van der Waals surface area contributed by atoms with E-state index in [1.807, 2.05) is 72.8 Å². The molecule has 21 heavy (non-hydrogen) atoms. The number of ether oxygens (including phenoxy) is 1. The van der Waals surface area contributed by atoms with Gasteiger partial charge >= 0.3 is 0 Å². The fraction of sp³-hybridized carbons (Fsp3) is 0.0556. The molecule has 3 aromatic carbocycles. The van der Waals surface area contributed by atoms with Crippen molar-refractivity contribution in [2.24, 2.45) is 0 Å². The first kappa shape index (κ1) is 17.0. The second-order valence-corrected chi connectivity index (χ2v) is 4.20. The Balaban J connectivity index is 0.000000313. The summed E-state index contributed by atoms with van der Waals surface area (Å²) in [7, 11) is 0. The van der Waals surface area contributed by atoms with Crippen molar-refractivity contribution in [3.63, 3.8) is 0 Å². The molecular formula is C18H16FeO2-6. The van der Waals surface area contributed by atoms with E-state index < -0.39 is 0 Å². The third kappa shape index (κ3) is 6.26. The van der Waals surface area contributed by atoms with Gasteiger partial charge in [0.05, 0.1) is 0 Å². The molecule has 0 aliphatic carbocycles. The average molecular weight is 320 g/mol. The molecule has 0 fully saturated rings. The van der Waals surface area contributed by atoms with Crippen LogP contribution in [0, 0.1) is 0 Å². The van der Waals surface area contributed by atoms with Gasteiger partial charge in [0, 0.05) is 17.1 Å². The minimum absolute atomic E-state index is 0. The van der Waals surface area contributed by atoms with Crippen molar-refractivity contribution in [3.8, 4) is 0 Å². The number of hydrogen-bond donors (Lipinski definition) is 0. The first-order chi connectivity index (χ1) is 9.86. The summed E-state index contributed by atoms with van der Waals surface area (Å²) in [4.78, 5) is 11.5. The molecule has 0 spiro atoms.